The first kappa shape index (κ1) is 17.9. The Bertz CT molecular complexity index is 494. The molecule has 0 aromatic carbocycles. The van der Waals surface area contributed by atoms with Crippen LogP contribution in [0.15, 0.2) is 17.5 Å². The molecular formula is C18H29N3O2S. The molecule has 3 heterocycles. The summed E-state index contributed by atoms with van der Waals surface area (Å²) in [6, 6.07) is 4.05. The van der Waals surface area contributed by atoms with Crippen molar-refractivity contribution in [1.82, 2.24) is 15.1 Å². The SMILES string of the molecule is CC(C(=O)NCc1cccs1)N1CCC(CN2CCOCC2)CC1. The van der Waals surface area contributed by atoms with Gasteiger partial charge in [0.05, 0.1) is 25.8 Å². The van der Waals surface area contributed by atoms with Gasteiger partial charge in [0, 0.05) is 24.5 Å². The quantitative estimate of drug-likeness (QED) is 0.849. The molecule has 6 heteroatoms. The average molecular weight is 352 g/mol. The molecule has 2 aliphatic heterocycles. The molecule has 1 unspecified atom stereocenters. The van der Waals surface area contributed by atoms with Crippen LogP contribution in [0.3, 0.4) is 0 Å². The minimum atomic E-state index is -0.0331. The van der Waals surface area contributed by atoms with Gasteiger partial charge in [0.15, 0.2) is 0 Å². The third kappa shape index (κ3) is 5.02. The number of carbonyl (C=O) groups excluding carboxylic acids is 1. The Hall–Kier alpha value is -0.950. The van der Waals surface area contributed by atoms with Gasteiger partial charge in [-0.05, 0) is 50.2 Å². The zero-order valence-electron chi connectivity index (χ0n) is 14.6. The van der Waals surface area contributed by atoms with Gasteiger partial charge in [-0.15, -0.1) is 11.3 Å². The second-order valence-electron chi connectivity index (χ2n) is 6.87. The minimum Gasteiger partial charge on any atom is -0.379 e. The molecule has 1 N–H and O–H groups in total. The van der Waals surface area contributed by atoms with Gasteiger partial charge in [0.2, 0.25) is 5.91 Å². The summed E-state index contributed by atoms with van der Waals surface area (Å²) in [7, 11) is 0. The van der Waals surface area contributed by atoms with Crippen molar-refractivity contribution in [2.75, 3.05) is 45.9 Å². The van der Waals surface area contributed by atoms with E-state index in [0.29, 0.717) is 6.54 Å². The lowest BCUT2D eigenvalue weighted by atomic mass is 9.95. The first-order chi connectivity index (χ1) is 11.7. The number of likely N-dealkylation sites (tertiary alicyclic amines) is 1. The van der Waals surface area contributed by atoms with Crippen LogP contribution in [0.5, 0.6) is 0 Å². The normalized spacial score (nSPS) is 22.4. The Morgan fingerprint density at radius 2 is 2.08 bits per heavy atom. The lowest BCUT2D eigenvalue weighted by molar-refractivity contribution is -0.126. The number of nitrogens with zero attached hydrogens (tertiary/aromatic N) is 2. The maximum atomic E-state index is 12.4. The van der Waals surface area contributed by atoms with E-state index in [1.54, 1.807) is 11.3 Å². The second kappa shape index (κ2) is 8.94. The Labute approximate surface area is 149 Å². The van der Waals surface area contributed by atoms with Gasteiger partial charge in [0.25, 0.3) is 0 Å². The van der Waals surface area contributed by atoms with Gasteiger partial charge in [0.1, 0.15) is 0 Å². The third-order valence-corrected chi connectivity index (χ3v) is 6.09. The van der Waals surface area contributed by atoms with Crippen LogP contribution in [0.25, 0.3) is 0 Å². The summed E-state index contributed by atoms with van der Waals surface area (Å²) in [5.41, 5.74) is 0. The summed E-state index contributed by atoms with van der Waals surface area (Å²) in [6.45, 7) is 9.83. The zero-order chi connectivity index (χ0) is 16.8. The molecule has 1 amide bonds. The van der Waals surface area contributed by atoms with Crippen molar-refractivity contribution in [2.24, 2.45) is 5.92 Å². The molecule has 24 heavy (non-hydrogen) atoms. The van der Waals surface area contributed by atoms with Crippen LogP contribution in [-0.2, 0) is 16.1 Å². The number of nitrogens with one attached hydrogen (secondary N) is 1. The smallest absolute Gasteiger partial charge is 0.237 e. The molecule has 2 fully saturated rings. The summed E-state index contributed by atoms with van der Waals surface area (Å²) in [6.07, 6.45) is 2.39. The number of thiophene rings is 1. The molecule has 1 aromatic heterocycles. The minimum absolute atomic E-state index is 0.0331. The highest BCUT2D eigenvalue weighted by Gasteiger charge is 2.27. The molecule has 5 nitrogen and oxygen atoms in total. The fourth-order valence-electron chi connectivity index (χ4n) is 3.57. The van der Waals surface area contributed by atoms with Crippen LogP contribution in [-0.4, -0.2) is 67.7 Å². The molecular weight excluding hydrogens is 322 g/mol. The molecule has 0 spiro atoms. The second-order valence-corrected chi connectivity index (χ2v) is 7.90. The van der Waals surface area contributed by atoms with Crippen LogP contribution in [0.2, 0.25) is 0 Å². The average Bonchev–Trinajstić information content (AvgIpc) is 3.14. The number of rotatable bonds is 6. The Balaban J connectivity index is 1.37. The van der Waals surface area contributed by atoms with Crippen LogP contribution < -0.4 is 5.32 Å². The molecule has 0 aliphatic carbocycles. The summed E-state index contributed by atoms with van der Waals surface area (Å²) >= 11 is 1.69. The van der Waals surface area contributed by atoms with E-state index in [-0.39, 0.29) is 11.9 Å². The fourth-order valence-corrected chi connectivity index (χ4v) is 4.22. The van der Waals surface area contributed by atoms with E-state index in [4.69, 9.17) is 4.74 Å². The van der Waals surface area contributed by atoms with Gasteiger partial charge in [-0.3, -0.25) is 14.6 Å². The number of ether oxygens (including phenoxy) is 1. The Kier molecular flexibility index (Phi) is 6.66. The van der Waals surface area contributed by atoms with Gasteiger partial charge in [-0.2, -0.15) is 0 Å². The standard InChI is InChI=1S/C18H29N3O2S/c1-15(18(22)19-13-17-3-2-12-24-17)21-6-4-16(5-7-21)14-20-8-10-23-11-9-20/h2-3,12,15-16H,4-11,13-14H2,1H3,(H,19,22). The number of piperidine rings is 1. The van der Waals surface area contributed by atoms with Gasteiger partial charge in [-0.25, -0.2) is 0 Å². The van der Waals surface area contributed by atoms with E-state index in [2.05, 4.69) is 21.2 Å². The zero-order valence-corrected chi connectivity index (χ0v) is 15.4. The largest absolute Gasteiger partial charge is 0.379 e. The van der Waals surface area contributed by atoms with E-state index in [1.807, 2.05) is 18.4 Å². The molecule has 2 aliphatic rings. The fraction of sp³-hybridized carbons (Fsp3) is 0.722. The van der Waals surface area contributed by atoms with E-state index in [1.165, 1.54) is 24.3 Å². The highest BCUT2D eigenvalue weighted by atomic mass is 32.1. The van der Waals surface area contributed by atoms with Crippen molar-refractivity contribution in [3.8, 4) is 0 Å². The molecule has 2 saturated heterocycles. The number of hydrogen-bond acceptors (Lipinski definition) is 5. The van der Waals surface area contributed by atoms with Crippen LogP contribution in [0.4, 0.5) is 0 Å². The van der Waals surface area contributed by atoms with E-state index in [9.17, 15) is 4.79 Å². The highest BCUT2D eigenvalue weighted by Crippen LogP contribution is 2.20. The first-order valence-corrected chi connectivity index (χ1v) is 9.94. The number of morpholine rings is 1. The topological polar surface area (TPSA) is 44.8 Å². The van der Waals surface area contributed by atoms with E-state index in [0.717, 1.165) is 45.3 Å². The van der Waals surface area contributed by atoms with E-state index < -0.39 is 0 Å². The van der Waals surface area contributed by atoms with Crippen molar-refractivity contribution in [2.45, 2.75) is 32.4 Å². The number of hydrogen-bond donors (Lipinski definition) is 1. The molecule has 134 valence electrons. The highest BCUT2D eigenvalue weighted by molar-refractivity contribution is 7.09. The lowest BCUT2D eigenvalue weighted by Crippen LogP contribution is -2.49. The van der Waals surface area contributed by atoms with Crippen molar-refractivity contribution >= 4 is 17.2 Å². The number of amides is 1. The molecule has 0 radical (unpaired) electrons. The van der Waals surface area contributed by atoms with Crippen molar-refractivity contribution < 1.29 is 9.53 Å². The predicted octanol–water partition coefficient (Wildman–Crippen LogP) is 1.80. The van der Waals surface area contributed by atoms with Gasteiger partial charge < -0.3 is 10.1 Å². The maximum absolute atomic E-state index is 12.4. The summed E-state index contributed by atoms with van der Waals surface area (Å²) < 4.78 is 5.42. The molecule has 1 aromatic rings. The number of carbonyl (C=O) groups is 1. The lowest BCUT2D eigenvalue weighted by Gasteiger charge is -2.38. The first-order valence-electron chi connectivity index (χ1n) is 9.06. The van der Waals surface area contributed by atoms with Gasteiger partial charge in [-0.1, -0.05) is 6.07 Å². The van der Waals surface area contributed by atoms with E-state index >= 15 is 0 Å². The predicted molar refractivity (Wildman–Crippen MR) is 97.2 cm³/mol. The van der Waals surface area contributed by atoms with Crippen molar-refractivity contribution in [3.05, 3.63) is 22.4 Å². The molecule has 0 bridgehead atoms. The van der Waals surface area contributed by atoms with Crippen molar-refractivity contribution in [3.63, 3.8) is 0 Å². The molecule has 0 saturated carbocycles. The monoisotopic (exact) mass is 351 g/mol. The van der Waals surface area contributed by atoms with Crippen LogP contribution in [0, 0.1) is 5.92 Å². The Morgan fingerprint density at radius 1 is 1.33 bits per heavy atom. The Morgan fingerprint density at radius 3 is 2.75 bits per heavy atom. The van der Waals surface area contributed by atoms with Crippen LogP contribution in [0.1, 0.15) is 24.6 Å². The molecule has 1 atom stereocenters. The molecule has 3 rings (SSSR count). The maximum Gasteiger partial charge on any atom is 0.237 e. The summed E-state index contributed by atoms with van der Waals surface area (Å²) in [5.74, 6) is 0.913. The third-order valence-electron chi connectivity index (χ3n) is 5.21. The summed E-state index contributed by atoms with van der Waals surface area (Å²) in [5, 5.41) is 5.11. The van der Waals surface area contributed by atoms with Crippen LogP contribution >= 0.6 is 11.3 Å². The van der Waals surface area contributed by atoms with Crippen molar-refractivity contribution in [1.29, 1.82) is 0 Å². The van der Waals surface area contributed by atoms with Gasteiger partial charge >= 0.3 is 0 Å². The summed E-state index contributed by atoms with van der Waals surface area (Å²) in [4.78, 5) is 18.4.